The largest absolute Gasteiger partial charge is 0.493 e. The summed E-state index contributed by atoms with van der Waals surface area (Å²) in [5, 5.41) is 4.92. The lowest BCUT2D eigenvalue weighted by Crippen LogP contribution is -2.20. The van der Waals surface area contributed by atoms with E-state index in [2.05, 4.69) is 10.5 Å². The second-order valence-corrected chi connectivity index (χ2v) is 7.48. The Labute approximate surface area is 183 Å². The number of methoxy groups -OCH3 is 3. The molecule has 0 unspecified atom stereocenters. The topological polar surface area (TPSA) is 91.2 Å². The number of aryl methyl sites for hydroxylation is 1. The molecule has 1 heterocycles. The molecule has 2 aromatic carbocycles. The number of hydrazone groups is 1. The Morgan fingerprint density at radius 3 is 2.42 bits per heavy atom. The second kappa shape index (κ2) is 10.0. The van der Waals surface area contributed by atoms with Gasteiger partial charge in [-0.1, -0.05) is 18.2 Å². The molecule has 0 aliphatic heterocycles. The predicted octanol–water partition coefficient (Wildman–Crippen LogP) is 2.81. The van der Waals surface area contributed by atoms with Crippen LogP contribution in [0.2, 0.25) is 0 Å². The van der Waals surface area contributed by atoms with E-state index in [1.165, 1.54) is 39.3 Å². The first-order valence-electron chi connectivity index (χ1n) is 9.32. The van der Waals surface area contributed by atoms with E-state index in [0.717, 1.165) is 15.8 Å². The molecule has 162 valence electrons. The molecule has 0 radical (unpaired) electrons. The number of benzene rings is 2. The fraction of sp³-hybridized carbons (Fsp3) is 0.227. The number of amides is 1. The van der Waals surface area contributed by atoms with E-state index >= 15 is 0 Å². The molecular weight excluding hydrogens is 418 g/mol. The third-order valence-electron chi connectivity index (χ3n) is 4.56. The van der Waals surface area contributed by atoms with Gasteiger partial charge >= 0.3 is 0 Å². The highest BCUT2D eigenvalue weighted by Crippen LogP contribution is 2.37. The molecule has 3 aromatic rings. The molecule has 0 atom stereocenters. The van der Waals surface area contributed by atoms with E-state index in [4.69, 9.17) is 14.2 Å². The van der Waals surface area contributed by atoms with Gasteiger partial charge in [0.25, 0.3) is 5.56 Å². The van der Waals surface area contributed by atoms with Crippen molar-refractivity contribution in [2.45, 2.75) is 4.90 Å². The molecule has 1 aromatic heterocycles. The average Bonchev–Trinajstić information content (AvgIpc) is 2.79. The van der Waals surface area contributed by atoms with Crippen LogP contribution in [-0.4, -0.2) is 43.8 Å². The fourth-order valence-corrected chi connectivity index (χ4v) is 3.89. The molecule has 0 saturated heterocycles. The summed E-state index contributed by atoms with van der Waals surface area (Å²) in [6.45, 7) is 0. The quantitative estimate of drug-likeness (QED) is 0.328. The first-order valence-corrected chi connectivity index (χ1v) is 10.3. The van der Waals surface area contributed by atoms with Gasteiger partial charge in [0.2, 0.25) is 11.7 Å². The summed E-state index contributed by atoms with van der Waals surface area (Å²) in [7, 11) is 6.30. The molecule has 3 rings (SSSR count). The van der Waals surface area contributed by atoms with Gasteiger partial charge in [0.05, 0.1) is 38.8 Å². The van der Waals surface area contributed by atoms with Crippen molar-refractivity contribution in [3.8, 4) is 17.2 Å². The molecule has 1 amide bonds. The van der Waals surface area contributed by atoms with Gasteiger partial charge in [-0.25, -0.2) is 5.43 Å². The smallest absolute Gasteiger partial charge is 0.251 e. The number of hydrogen-bond acceptors (Lipinski definition) is 7. The van der Waals surface area contributed by atoms with E-state index in [1.807, 2.05) is 24.3 Å². The number of carbonyl (C=O) groups excluding carboxylic acids is 1. The molecule has 0 fully saturated rings. The lowest BCUT2D eigenvalue weighted by Gasteiger charge is -2.12. The normalized spacial score (nSPS) is 11.0. The number of thioether (sulfide) groups is 1. The summed E-state index contributed by atoms with van der Waals surface area (Å²) >= 11 is 1.29. The van der Waals surface area contributed by atoms with Crippen molar-refractivity contribution >= 4 is 34.8 Å². The molecule has 9 heteroatoms. The highest BCUT2D eigenvalue weighted by atomic mass is 32.2. The Morgan fingerprint density at radius 1 is 1.10 bits per heavy atom. The Bertz CT molecular complexity index is 1160. The number of nitrogens with one attached hydrogen (secondary N) is 1. The molecule has 0 spiro atoms. The summed E-state index contributed by atoms with van der Waals surface area (Å²) in [5.74, 6) is 1.27. The highest BCUT2D eigenvalue weighted by molar-refractivity contribution is 8.00. The zero-order chi connectivity index (χ0) is 22.4. The Kier molecular flexibility index (Phi) is 7.19. The first kappa shape index (κ1) is 22.2. The van der Waals surface area contributed by atoms with Crippen LogP contribution in [0.3, 0.4) is 0 Å². The first-order chi connectivity index (χ1) is 15.0. The van der Waals surface area contributed by atoms with Crippen molar-refractivity contribution in [2.24, 2.45) is 12.1 Å². The SMILES string of the molecule is COc1cc(C=NNC(=O)CSc2cc(=O)n(C)c3ccccc23)cc(OC)c1OC. The molecule has 0 bridgehead atoms. The van der Waals surface area contributed by atoms with Gasteiger partial charge < -0.3 is 18.8 Å². The van der Waals surface area contributed by atoms with Gasteiger partial charge in [0.15, 0.2) is 11.5 Å². The number of rotatable bonds is 8. The maximum atomic E-state index is 12.2. The van der Waals surface area contributed by atoms with Gasteiger partial charge in [-0.2, -0.15) is 5.10 Å². The zero-order valence-electron chi connectivity index (χ0n) is 17.7. The van der Waals surface area contributed by atoms with E-state index in [9.17, 15) is 9.59 Å². The van der Waals surface area contributed by atoms with Crippen LogP contribution in [0.4, 0.5) is 0 Å². The Hall–Kier alpha value is -3.46. The van der Waals surface area contributed by atoms with Crippen LogP contribution < -0.4 is 25.2 Å². The summed E-state index contributed by atoms with van der Waals surface area (Å²) in [6.07, 6.45) is 1.49. The Balaban J connectivity index is 1.68. The fourth-order valence-electron chi connectivity index (χ4n) is 3.03. The summed E-state index contributed by atoms with van der Waals surface area (Å²) < 4.78 is 17.5. The highest BCUT2D eigenvalue weighted by Gasteiger charge is 2.13. The lowest BCUT2D eigenvalue weighted by molar-refractivity contribution is -0.118. The second-order valence-electron chi connectivity index (χ2n) is 6.46. The van der Waals surface area contributed by atoms with Crippen LogP contribution >= 0.6 is 11.8 Å². The van der Waals surface area contributed by atoms with Crippen LogP contribution in [-0.2, 0) is 11.8 Å². The summed E-state index contributed by atoms with van der Waals surface area (Å²) in [4.78, 5) is 25.2. The van der Waals surface area contributed by atoms with Crippen molar-refractivity contribution < 1.29 is 19.0 Å². The van der Waals surface area contributed by atoms with Gasteiger partial charge in [0.1, 0.15) is 0 Å². The number of pyridine rings is 1. The maximum Gasteiger partial charge on any atom is 0.251 e. The van der Waals surface area contributed by atoms with Crippen LogP contribution in [0, 0.1) is 0 Å². The molecule has 31 heavy (non-hydrogen) atoms. The van der Waals surface area contributed by atoms with Gasteiger partial charge in [-0.05, 0) is 18.2 Å². The monoisotopic (exact) mass is 441 g/mol. The number of fused-ring (bicyclic) bond motifs is 1. The number of carbonyl (C=O) groups is 1. The van der Waals surface area contributed by atoms with Gasteiger partial charge in [-0.3, -0.25) is 9.59 Å². The minimum atomic E-state index is -0.293. The summed E-state index contributed by atoms with van der Waals surface area (Å²) in [6, 6.07) is 12.6. The number of hydrogen-bond donors (Lipinski definition) is 1. The van der Waals surface area contributed by atoms with Crippen molar-refractivity contribution in [3.63, 3.8) is 0 Å². The van der Waals surface area contributed by atoms with Crippen molar-refractivity contribution in [2.75, 3.05) is 27.1 Å². The molecule has 1 N–H and O–H groups in total. The van der Waals surface area contributed by atoms with E-state index < -0.39 is 0 Å². The van der Waals surface area contributed by atoms with Crippen molar-refractivity contribution in [3.05, 3.63) is 58.4 Å². The molecular formula is C22H23N3O5S. The average molecular weight is 442 g/mol. The van der Waals surface area contributed by atoms with Crippen molar-refractivity contribution in [1.29, 1.82) is 0 Å². The molecule has 8 nitrogen and oxygen atoms in total. The van der Waals surface area contributed by atoms with Crippen LogP contribution in [0.5, 0.6) is 17.2 Å². The van der Waals surface area contributed by atoms with E-state index in [1.54, 1.807) is 29.8 Å². The number of ether oxygens (including phenoxy) is 3. The molecule has 0 saturated carbocycles. The number of aromatic nitrogens is 1. The minimum Gasteiger partial charge on any atom is -0.493 e. The van der Waals surface area contributed by atoms with Crippen molar-refractivity contribution in [1.82, 2.24) is 9.99 Å². The standard InChI is InChI=1S/C22H23N3O5S/c1-25-16-8-6-5-7-15(16)19(11-21(25)27)31-13-20(26)24-23-12-14-9-17(28-2)22(30-4)18(10-14)29-3/h5-12H,13H2,1-4H3,(H,24,26). The van der Waals surface area contributed by atoms with E-state index in [-0.39, 0.29) is 17.2 Å². The number of para-hydroxylation sites is 1. The van der Waals surface area contributed by atoms with E-state index in [0.29, 0.717) is 22.8 Å². The van der Waals surface area contributed by atoms with Crippen LogP contribution in [0.1, 0.15) is 5.56 Å². The maximum absolute atomic E-state index is 12.2. The third-order valence-corrected chi connectivity index (χ3v) is 5.62. The predicted molar refractivity (Wildman–Crippen MR) is 122 cm³/mol. The number of nitrogens with zero attached hydrogens (tertiary/aromatic N) is 2. The third kappa shape index (κ3) is 5.00. The summed E-state index contributed by atoms with van der Waals surface area (Å²) in [5.41, 5.74) is 3.85. The molecule has 0 aliphatic carbocycles. The van der Waals surface area contributed by atoms with Gasteiger partial charge in [0, 0.05) is 29.0 Å². The lowest BCUT2D eigenvalue weighted by atomic mass is 10.2. The Morgan fingerprint density at radius 2 is 1.77 bits per heavy atom. The van der Waals surface area contributed by atoms with Crippen LogP contribution in [0.15, 0.2) is 57.3 Å². The molecule has 0 aliphatic rings. The minimum absolute atomic E-state index is 0.115. The zero-order valence-corrected chi connectivity index (χ0v) is 18.5. The van der Waals surface area contributed by atoms with Crippen LogP contribution in [0.25, 0.3) is 10.9 Å². The van der Waals surface area contributed by atoms with Gasteiger partial charge in [-0.15, -0.1) is 11.8 Å².